The molecule has 0 bridgehead atoms. The van der Waals surface area contributed by atoms with Gasteiger partial charge in [-0.25, -0.2) is 18.7 Å². The van der Waals surface area contributed by atoms with Crippen LogP contribution in [0.25, 0.3) is 11.0 Å². The molecule has 2 heterocycles. The molecule has 5 nitrogen and oxygen atoms in total. The minimum Gasteiger partial charge on any atom is -0.384 e. The molecule has 2 aromatic heterocycles. The lowest BCUT2D eigenvalue weighted by atomic mass is 9.82. The molecule has 0 atom stereocenters. The van der Waals surface area contributed by atoms with Gasteiger partial charge in [-0.05, 0) is 62.1 Å². The van der Waals surface area contributed by atoms with E-state index in [1.165, 1.54) is 0 Å². The first-order valence-corrected chi connectivity index (χ1v) is 9.03. The summed E-state index contributed by atoms with van der Waals surface area (Å²) in [5.74, 6) is 0.123. The molecule has 0 spiro atoms. The standard InChI is InChI=1S/C19H21F2N3O2/c20-18(21)19(26)7-5-12(6-8-19)24-17(25)14-10-23-16-13(2-1-9-22-16)15(14)11-3-4-11/h1-2,9-12,18,26H,3-8H2,(H,24,25). The molecule has 0 unspecified atom stereocenters. The zero-order valence-electron chi connectivity index (χ0n) is 14.3. The van der Waals surface area contributed by atoms with Crippen LogP contribution in [0.3, 0.4) is 0 Å². The van der Waals surface area contributed by atoms with Crippen molar-refractivity contribution in [3.63, 3.8) is 0 Å². The number of nitrogens with one attached hydrogen (secondary N) is 1. The topological polar surface area (TPSA) is 75.1 Å². The van der Waals surface area contributed by atoms with E-state index in [4.69, 9.17) is 0 Å². The molecule has 2 fully saturated rings. The smallest absolute Gasteiger partial charge is 0.266 e. The summed E-state index contributed by atoms with van der Waals surface area (Å²) in [6.07, 6.45) is 3.24. The average Bonchev–Trinajstić information content (AvgIpc) is 3.47. The van der Waals surface area contributed by atoms with Crippen molar-refractivity contribution in [3.8, 4) is 0 Å². The minimum atomic E-state index is -2.75. The van der Waals surface area contributed by atoms with Gasteiger partial charge in [0.2, 0.25) is 0 Å². The highest BCUT2D eigenvalue weighted by Gasteiger charge is 2.41. The van der Waals surface area contributed by atoms with E-state index >= 15 is 0 Å². The molecule has 2 saturated carbocycles. The minimum absolute atomic E-state index is 0.00894. The number of nitrogens with zero attached hydrogens (tertiary/aromatic N) is 2. The van der Waals surface area contributed by atoms with Gasteiger partial charge in [0.25, 0.3) is 12.3 Å². The zero-order valence-corrected chi connectivity index (χ0v) is 14.3. The Morgan fingerprint density at radius 2 is 1.96 bits per heavy atom. The number of rotatable bonds is 4. The van der Waals surface area contributed by atoms with Crippen LogP contribution in [0.4, 0.5) is 8.78 Å². The van der Waals surface area contributed by atoms with Crippen LogP contribution >= 0.6 is 0 Å². The molecule has 26 heavy (non-hydrogen) atoms. The molecule has 7 heteroatoms. The number of carbonyl (C=O) groups is 1. The number of halogens is 2. The van der Waals surface area contributed by atoms with Crippen LogP contribution in [0.1, 0.15) is 60.4 Å². The summed E-state index contributed by atoms with van der Waals surface area (Å²) in [6, 6.07) is 3.56. The van der Waals surface area contributed by atoms with Crippen molar-refractivity contribution in [1.82, 2.24) is 15.3 Å². The summed E-state index contributed by atoms with van der Waals surface area (Å²) >= 11 is 0. The van der Waals surface area contributed by atoms with Crippen molar-refractivity contribution in [1.29, 1.82) is 0 Å². The Labute approximate surface area is 149 Å². The van der Waals surface area contributed by atoms with Gasteiger partial charge in [0.1, 0.15) is 5.60 Å². The molecule has 0 aliphatic heterocycles. The van der Waals surface area contributed by atoms with Crippen molar-refractivity contribution in [2.45, 2.75) is 62.5 Å². The maximum Gasteiger partial charge on any atom is 0.266 e. The van der Waals surface area contributed by atoms with E-state index in [0.29, 0.717) is 30.0 Å². The highest BCUT2D eigenvalue weighted by molar-refractivity contribution is 6.00. The van der Waals surface area contributed by atoms with Gasteiger partial charge in [0.15, 0.2) is 5.65 Å². The number of fused-ring (bicyclic) bond motifs is 1. The lowest BCUT2D eigenvalue weighted by Crippen LogP contribution is -2.47. The third-order valence-corrected chi connectivity index (χ3v) is 5.51. The Hall–Kier alpha value is -2.15. The van der Waals surface area contributed by atoms with E-state index in [2.05, 4.69) is 15.3 Å². The number of aliphatic hydroxyl groups is 1. The molecule has 138 valence electrons. The molecule has 0 saturated heterocycles. The number of pyridine rings is 2. The average molecular weight is 361 g/mol. The second-order valence-electron chi connectivity index (χ2n) is 7.39. The molecular formula is C19H21F2N3O2. The molecule has 2 aliphatic carbocycles. The van der Waals surface area contributed by atoms with E-state index < -0.39 is 12.0 Å². The third-order valence-electron chi connectivity index (χ3n) is 5.51. The van der Waals surface area contributed by atoms with Gasteiger partial charge >= 0.3 is 0 Å². The Kier molecular flexibility index (Phi) is 4.34. The van der Waals surface area contributed by atoms with E-state index in [1.54, 1.807) is 12.4 Å². The number of hydrogen-bond acceptors (Lipinski definition) is 4. The molecule has 1 amide bonds. The van der Waals surface area contributed by atoms with E-state index in [9.17, 15) is 18.7 Å². The van der Waals surface area contributed by atoms with Crippen LogP contribution in [-0.2, 0) is 0 Å². The summed E-state index contributed by atoms with van der Waals surface area (Å²) in [6.45, 7) is 0. The maximum absolute atomic E-state index is 12.9. The van der Waals surface area contributed by atoms with Crippen LogP contribution in [0.2, 0.25) is 0 Å². The van der Waals surface area contributed by atoms with Gasteiger partial charge in [0, 0.05) is 23.8 Å². The van der Waals surface area contributed by atoms with Crippen molar-refractivity contribution < 1.29 is 18.7 Å². The SMILES string of the molecule is O=C(NC1CCC(O)(C(F)F)CC1)c1cnc2ncccc2c1C1CC1. The fraction of sp³-hybridized carbons (Fsp3) is 0.526. The predicted octanol–water partition coefficient (Wildman–Crippen LogP) is 3.18. The first-order valence-electron chi connectivity index (χ1n) is 9.03. The Bertz CT molecular complexity index is 831. The van der Waals surface area contributed by atoms with Crippen LogP contribution < -0.4 is 5.32 Å². The van der Waals surface area contributed by atoms with Crippen LogP contribution in [0.15, 0.2) is 24.5 Å². The first kappa shape index (κ1) is 17.3. The first-order chi connectivity index (χ1) is 12.5. The second-order valence-corrected chi connectivity index (χ2v) is 7.39. The number of carbonyl (C=O) groups excluding carboxylic acids is 1. The largest absolute Gasteiger partial charge is 0.384 e. The Morgan fingerprint density at radius 3 is 2.62 bits per heavy atom. The quantitative estimate of drug-likeness (QED) is 0.877. The fourth-order valence-electron chi connectivity index (χ4n) is 3.79. The van der Waals surface area contributed by atoms with Gasteiger partial charge < -0.3 is 10.4 Å². The highest BCUT2D eigenvalue weighted by atomic mass is 19.3. The molecule has 0 radical (unpaired) electrons. The molecule has 2 aromatic rings. The van der Waals surface area contributed by atoms with Gasteiger partial charge in [-0.1, -0.05) is 0 Å². The Balaban J connectivity index is 1.53. The van der Waals surface area contributed by atoms with E-state index in [0.717, 1.165) is 23.8 Å². The number of hydrogen-bond donors (Lipinski definition) is 2. The van der Waals surface area contributed by atoms with Crippen LogP contribution in [0.5, 0.6) is 0 Å². The van der Waals surface area contributed by atoms with E-state index in [1.807, 2.05) is 12.1 Å². The second kappa shape index (κ2) is 6.54. The maximum atomic E-state index is 12.9. The number of alkyl halides is 2. The van der Waals surface area contributed by atoms with Gasteiger partial charge in [-0.2, -0.15) is 0 Å². The zero-order chi connectivity index (χ0) is 18.3. The van der Waals surface area contributed by atoms with Gasteiger partial charge in [-0.3, -0.25) is 4.79 Å². The molecule has 2 N–H and O–H groups in total. The van der Waals surface area contributed by atoms with Gasteiger partial charge in [0.05, 0.1) is 5.56 Å². The van der Waals surface area contributed by atoms with E-state index in [-0.39, 0.29) is 24.8 Å². The summed E-state index contributed by atoms with van der Waals surface area (Å²) < 4.78 is 25.8. The molecule has 4 rings (SSSR count). The fourth-order valence-corrected chi connectivity index (χ4v) is 3.79. The Morgan fingerprint density at radius 1 is 1.23 bits per heavy atom. The molecule has 2 aliphatic rings. The third kappa shape index (κ3) is 3.16. The summed E-state index contributed by atoms with van der Waals surface area (Å²) in [7, 11) is 0. The highest BCUT2D eigenvalue weighted by Crippen LogP contribution is 2.44. The van der Waals surface area contributed by atoms with Gasteiger partial charge in [-0.15, -0.1) is 0 Å². The van der Waals surface area contributed by atoms with Crippen LogP contribution in [-0.4, -0.2) is 39.1 Å². The van der Waals surface area contributed by atoms with Crippen molar-refractivity contribution in [2.24, 2.45) is 0 Å². The number of aromatic nitrogens is 2. The van der Waals surface area contributed by atoms with Crippen molar-refractivity contribution >= 4 is 16.9 Å². The lowest BCUT2D eigenvalue weighted by molar-refractivity contribution is -0.119. The van der Waals surface area contributed by atoms with Crippen molar-refractivity contribution in [2.75, 3.05) is 0 Å². The number of amides is 1. The summed E-state index contributed by atoms with van der Waals surface area (Å²) in [4.78, 5) is 21.4. The molecule has 0 aromatic carbocycles. The lowest BCUT2D eigenvalue weighted by Gasteiger charge is -2.35. The normalized spacial score (nSPS) is 26.2. The predicted molar refractivity (Wildman–Crippen MR) is 92.2 cm³/mol. The monoisotopic (exact) mass is 361 g/mol. The summed E-state index contributed by atoms with van der Waals surface area (Å²) in [5.41, 5.74) is 0.241. The van der Waals surface area contributed by atoms with Crippen LogP contribution in [0, 0.1) is 0 Å². The summed E-state index contributed by atoms with van der Waals surface area (Å²) in [5, 5.41) is 13.7. The molecular weight excluding hydrogens is 340 g/mol. The van der Waals surface area contributed by atoms with Crippen molar-refractivity contribution in [3.05, 3.63) is 35.7 Å².